The number of likely N-dealkylation sites (N-methyl/N-ethyl adjacent to an activating group) is 1. The highest BCUT2D eigenvalue weighted by Crippen LogP contribution is 2.51. The van der Waals surface area contributed by atoms with Crippen molar-refractivity contribution in [2.75, 3.05) is 20.1 Å². The molecule has 1 fully saturated rings. The highest BCUT2D eigenvalue weighted by atomic mass is 15.4. The van der Waals surface area contributed by atoms with Gasteiger partial charge in [0.05, 0.1) is 20.1 Å². The fourth-order valence-electron chi connectivity index (χ4n) is 4.88. The highest BCUT2D eigenvalue weighted by molar-refractivity contribution is 5.30. The maximum atomic E-state index is 2.58. The summed E-state index contributed by atoms with van der Waals surface area (Å²) in [4.78, 5) is 0. The van der Waals surface area contributed by atoms with E-state index in [4.69, 9.17) is 0 Å². The molecule has 3 aliphatic rings. The lowest BCUT2D eigenvalue weighted by Crippen LogP contribution is -2.67. The van der Waals surface area contributed by atoms with Crippen molar-refractivity contribution < 1.29 is 4.48 Å². The number of piperidine rings is 1. The van der Waals surface area contributed by atoms with E-state index in [0.29, 0.717) is 5.54 Å². The minimum absolute atomic E-state index is 0.510. The van der Waals surface area contributed by atoms with Gasteiger partial charge in [0.15, 0.2) is 0 Å². The smallest absolute Gasteiger partial charge is 0.118 e. The third-order valence-electron chi connectivity index (χ3n) is 6.36. The fraction of sp³-hybridized carbons (Fsp3) is 0.875. The number of hydrogen-bond acceptors (Lipinski definition) is 0. The summed E-state index contributed by atoms with van der Waals surface area (Å²) in [5.41, 5.74) is 4.26. The molecule has 0 radical (unpaired) electrons. The van der Waals surface area contributed by atoms with Gasteiger partial charge in [0, 0.05) is 18.8 Å². The van der Waals surface area contributed by atoms with Gasteiger partial charge in [0.1, 0.15) is 5.54 Å². The summed E-state index contributed by atoms with van der Waals surface area (Å²) in [6.45, 7) is 7.80. The SMILES string of the molecule is CC[C@@H]1CC[C@@]2(C)C3=C(CCC3)CC[N@+]2(C)C1. The molecular weight excluding hydrogens is 206 g/mol. The molecule has 1 aliphatic carbocycles. The van der Waals surface area contributed by atoms with E-state index in [2.05, 4.69) is 20.9 Å². The standard InChI is InChI=1S/C16H28N/c1-4-13-8-10-16(2)15-7-5-6-14(15)9-11-17(16,3)12-13/h13H,4-12H2,1-3H3/q+1/t13-,16+,17-/m1/s1. The van der Waals surface area contributed by atoms with Crippen LogP contribution in [0.2, 0.25) is 0 Å². The van der Waals surface area contributed by atoms with Crippen LogP contribution < -0.4 is 0 Å². The van der Waals surface area contributed by atoms with Gasteiger partial charge in [-0.15, -0.1) is 0 Å². The zero-order chi connectivity index (χ0) is 12.1. The molecule has 0 spiro atoms. The first-order valence-corrected chi connectivity index (χ1v) is 7.65. The van der Waals surface area contributed by atoms with Crippen LogP contribution in [-0.4, -0.2) is 30.2 Å². The van der Waals surface area contributed by atoms with Crippen LogP contribution in [0, 0.1) is 5.92 Å². The summed E-state index contributed by atoms with van der Waals surface area (Å²) >= 11 is 0. The molecule has 96 valence electrons. The first kappa shape index (κ1) is 11.8. The van der Waals surface area contributed by atoms with E-state index in [1.807, 2.05) is 11.1 Å². The lowest BCUT2D eigenvalue weighted by molar-refractivity contribution is -0.961. The Kier molecular flexibility index (Phi) is 2.66. The Morgan fingerprint density at radius 1 is 1.29 bits per heavy atom. The number of rotatable bonds is 1. The van der Waals surface area contributed by atoms with Gasteiger partial charge in [-0.05, 0) is 44.6 Å². The fourth-order valence-corrected chi connectivity index (χ4v) is 4.88. The first-order valence-electron chi connectivity index (χ1n) is 7.65. The lowest BCUT2D eigenvalue weighted by atomic mass is 9.72. The van der Waals surface area contributed by atoms with E-state index in [-0.39, 0.29) is 0 Å². The van der Waals surface area contributed by atoms with Crippen LogP contribution in [0.1, 0.15) is 58.8 Å². The largest absolute Gasteiger partial charge is 0.317 e. The summed E-state index contributed by atoms with van der Waals surface area (Å²) in [6.07, 6.45) is 9.97. The van der Waals surface area contributed by atoms with Crippen molar-refractivity contribution in [2.24, 2.45) is 5.92 Å². The van der Waals surface area contributed by atoms with E-state index in [9.17, 15) is 0 Å². The van der Waals surface area contributed by atoms with Gasteiger partial charge in [-0.25, -0.2) is 0 Å². The lowest BCUT2D eigenvalue weighted by Gasteiger charge is -2.57. The molecule has 1 saturated heterocycles. The summed E-state index contributed by atoms with van der Waals surface area (Å²) in [5, 5.41) is 0. The van der Waals surface area contributed by atoms with E-state index in [0.717, 1.165) is 5.92 Å². The molecule has 0 saturated carbocycles. The maximum Gasteiger partial charge on any atom is 0.118 e. The third kappa shape index (κ3) is 1.54. The van der Waals surface area contributed by atoms with Crippen LogP contribution in [0.15, 0.2) is 11.1 Å². The molecule has 2 aliphatic heterocycles. The molecule has 0 unspecified atom stereocenters. The Labute approximate surface area is 106 Å². The van der Waals surface area contributed by atoms with Gasteiger partial charge in [0.2, 0.25) is 0 Å². The molecule has 3 rings (SSSR count). The third-order valence-corrected chi connectivity index (χ3v) is 6.36. The van der Waals surface area contributed by atoms with Crippen LogP contribution in [0.3, 0.4) is 0 Å². The Bertz CT molecular complexity index is 357. The Morgan fingerprint density at radius 2 is 2.12 bits per heavy atom. The number of fused-ring (bicyclic) bond motifs is 2. The monoisotopic (exact) mass is 234 g/mol. The topological polar surface area (TPSA) is 0 Å². The summed E-state index contributed by atoms with van der Waals surface area (Å²) < 4.78 is 1.35. The average molecular weight is 234 g/mol. The van der Waals surface area contributed by atoms with Gasteiger partial charge < -0.3 is 4.48 Å². The van der Waals surface area contributed by atoms with Crippen LogP contribution in [0.5, 0.6) is 0 Å². The van der Waals surface area contributed by atoms with Crippen molar-refractivity contribution in [1.82, 2.24) is 0 Å². The van der Waals surface area contributed by atoms with E-state index in [1.54, 1.807) is 0 Å². The van der Waals surface area contributed by atoms with Crippen LogP contribution in [-0.2, 0) is 0 Å². The second kappa shape index (κ2) is 3.85. The molecule has 2 heterocycles. The normalized spacial score (nSPS) is 45.7. The van der Waals surface area contributed by atoms with Gasteiger partial charge in [-0.1, -0.05) is 12.5 Å². The van der Waals surface area contributed by atoms with Crippen LogP contribution in [0.4, 0.5) is 0 Å². The molecule has 1 heteroatoms. The molecule has 17 heavy (non-hydrogen) atoms. The summed E-state index contributed by atoms with van der Waals surface area (Å²) in [5.74, 6) is 0.983. The molecule has 0 amide bonds. The van der Waals surface area contributed by atoms with Crippen LogP contribution >= 0.6 is 0 Å². The average Bonchev–Trinajstić information content (AvgIpc) is 2.79. The second-order valence-corrected chi connectivity index (χ2v) is 7.07. The number of quaternary nitrogens is 1. The van der Waals surface area contributed by atoms with E-state index >= 15 is 0 Å². The van der Waals surface area contributed by atoms with E-state index < -0.39 is 0 Å². The van der Waals surface area contributed by atoms with Gasteiger partial charge in [0.25, 0.3) is 0 Å². The van der Waals surface area contributed by atoms with Crippen molar-refractivity contribution in [1.29, 1.82) is 0 Å². The maximum absolute atomic E-state index is 2.58. The van der Waals surface area contributed by atoms with Gasteiger partial charge in [-0.3, -0.25) is 0 Å². The predicted octanol–water partition coefficient (Wildman–Crippen LogP) is 3.90. The van der Waals surface area contributed by atoms with Crippen molar-refractivity contribution >= 4 is 0 Å². The number of nitrogens with zero attached hydrogens (tertiary/aromatic N) is 1. The quantitative estimate of drug-likeness (QED) is 0.477. The molecule has 0 N–H and O–H groups in total. The van der Waals surface area contributed by atoms with Crippen molar-refractivity contribution in [3.8, 4) is 0 Å². The molecule has 3 atom stereocenters. The summed E-state index contributed by atoms with van der Waals surface area (Å²) in [6, 6.07) is 0. The predicted molar refractivity (Wildman–Crippen MR) is 72.8 cm³/mol. The minimum atomic E-state index is 0.510. The van der Waals surface area contributed by atoms with Crippen molar-refractivity contribution in [2.45, 2.75) is 64.3 Å². The molecule has 0 bridgehead atoms. The molecular formula is C16H28N+. The zero-order valence-corrected chi connectivity index (χ0v) is 11.9. The van der Waals surface area contributed by atoms with Gasteiger partial charge in [-0.2, -0.15) is 0 Å². The van der Waals surface area contributed by atoms with Crippen molar-refractivity contribution in [3.05, 3.63) is 11.1 Å². The molecule has 0 aromatic carbocycles. The highest BCUT2D eigenvalue weighted by Gasteiger charge is 2.54. The first-order chi connectivity index (χ1) is 8.09. The molecule has 0 aromatic rings. The van der Waals surface area contributed by atoms with Crippen molar-refractivity contribution in [3.63, 3.8) is 0 Å². The van der Waals surface area contributed by atoms with Gasteiger partial charge >= 0.3 is 0 Å². The minimum Gasteiger partial charge on any atom is -0.317 e. The molecule has 1 nitrogen and oxygen atoms in total. The Morgan fingerprint density at radius 3 is 2.88 bits per heavy atom. The summed E-state index contributed by atoms with van der Waals surface area (Å²) in [7, 11) is 2.55. The Hall–Kier alpha value is -0.300. The number of hydrogen-bond donors (Lipinski definition) is 0. The van der Waals surface area contributed by atoms with E-state index in [1.165, 1.54) is 62.5 Å². The molecule has 0 aromatic heterocycles. The van der Waals surface area contributed by atoms with Crippen LogP contribution in [0.25, 0.3) is 0 Å². The second-order valence-electron chi connectivity index (χ2n) is 7.07. The Balaban J connectivity index is 1.96. The zero-order valence-electron chi connectivity index (χ0n) is 11.9.